The minimum atomic E-state index is -0.366. The van der Waals surface area contributed by atoms with E-state index in [-0.39, 0.29) is 23.0 Å². The van der Waals surface area contributed by atoms with Crippen LogP contribution in [0.25, 0.3) is 0 Å². The Kier molecular flexibility index (Phi) is 9.24. The maximum absolute atomic E-state index is 13.5. The lowest BCUT2D eigenvalue weighted by atomic mass is 9.84. The molecule has 0 fully saturated rings. The molecule has 1 aliphatic heterocycles. The van der Waals surface area contributed by atoms with E-state index in [1.54, 1.807) is 42.7 Å². The van der Waals surface area contributed by atoms with Gasteiger partial charge in [-0.25, -0.2) is 4.39 Å². The van der Waals surface area contributed by atoms with E-state index < -0.39 is 0 Å². The molecule has 0 saturated heterocycles. The summed E-state index contributed by atoms with van der Waals surface area (Å²) in [6, 6.07) is 15.4. The number of carbonyl (C=O) groups excluding carboxylic acids is 2. The summed E-state index contributed by atoms with van der Waals surface area (Å²) < 4.78 is 13.4. The number of anilines is 1. The quantitative estimate of drug-likeness (QED) is 0.461. The number of hydrogen-bond acceptors (Lipinski definition) is 4. The lowest BCUT2D eigenvalue weighted by Gasteiger charge is -2.27. The van der Waals surface area contributed by atoms with E-state index in [2.05, 4.69) is 15.6 Å². The van der Waals surface area contributed by atoms with Crippen LogP contribution in [0.3, 0.4) is 0 Å². The highest BCUT2D eigenvalue weighted by Gasteiger charge is 2.24. The van der Waals surface area contributed by atoms with Crippen LogP contribution in [-0.2, 0) is 12.0 Å². The third kappa shape index (κ3) is 7.04. The van der Waals surface area contributed by atoms with Gasteiger partial charge in [0.2, 0.25) is 0 Å². The molecule has 0 spiro atoms. The number of aromatic nitrogens is 1. The summed E-state index contributed by atoms with van der Waals surface area (Å²) in [5.41, 5.74) is 3.46. The first-order valence-electron chi connectivity index (χ1n) is 13.4. The van der Waals surface area contributed by atoms with E-state index in [1.165, 1.54) is 12.1 Å². The summed E-state index contributed by atoms with van der Waals surface area (Å²) in [6.45, 7) is 6.51. The van der Waals surface area contributed by atoms with Crippen LogP contribution >= 0.6 is 0 Å². The molecular weight excluding hydrogens is 479 g/mol. The highest BCUT2D eigenvalue weighted by molar-refractivity contribution is 6.06. The zero-order valence-corrected chi connectivity index (χ0v) is 22.3. The molecule has 38 heavy (non-hydrogen) atoms. The molecular formula is C31H37FN4O2. The molecule has 0 radical (unpaired) electrons. The molecule has 0 aliphatic carbocycles. The van der Waals surface area contributed by atoms with Gasteiger partial charge in [-0.3, -0.25) is 14.6 Å². The predicted molar refractivity (Wildman–Crippen MR) is 149 cm³/mol. The SMILES string of the molecule is CC(C)(CNC(=O)c1ccc2c(c1)CNCCCCCCCN2C(=O)c1ccncc1)c1ccc(F)cc1. The lowest BCUT2D eigenvalue weighted by Crippen LogP contribution is -2.37. The molecule has 200 valence electrons. The van der Waals surface area contributed by atoms with Crippen molar-refractivity contribution in [3.8, 4) is 0 Å². The fraction of sp³-hybridized carbons (Fsp3) is 0.387. The second-order valence-corrected chi connectivity index (χ2v) is 10.6. The van der Waals surface area contributed by atoms with E-state index in [9.17, 15) is 14.0 Å². The van der Waals surface area contributed by atoms with Crippen LogP contribution in [0.4, 0.5) is 10.1 Å². The molecule has 2 amide bonds. The number of fused-ring (bicyclic) bond motifs is 1. The number of nitrogens with zero attached hydrogens (tertiary/aromatic N) is 2. The topological polar surface area (TPSA) is 74.3 Å². The number of pyridine rings is 1. The Labute approximate surface area is 224 Å². The largest absolute Gasteiger partial charge is 0.351 e. The molecule has 2 heterocycles. The molecule has 4 rings (SSSR count). The molecule has 2 aromatic carbocycles. The second kappa shape index (κ2) is 12.8. The van der Waals surface area contributed by atoms with E-state index in [4.69, 9.17) is 0 Å². The molecule has 6 nitrogen and oxygen atoms in total. The average molecular weight is 517 g/mol. The number of rotatable bonds is 5. The average Bonchev–Trinajstić information content (AvgIpc) is 2.92. The van der Waals surface area contributed by atoms with Crippen molar-refractivity contribution in [2.24, 2.45) is 0 Å². The number of halogens is 1. The molecule has 7 heteroatoms. The number of amides is 2. The summed E-state index contributed by atoms with van der Waals surface area (Å²) >= 11 is 0. The van der Waals surface area contributed by atoms with Crippen LogP contribution in [0.15, 0.2) is 67.0 Å². The van der Waals surface area contributed by atoms with Crippen LogP contribution in [0.2, 0.25) is 0 Å². The Morgan fingerprint density at radius 3 is 2.42 bits per heavy atom. The first-order chi connectivity index (χ1) is 18.3. The van der Waals surface area contributed by atoms with Crippen LogP contribution in [0, 0.1) is 5.82 Å². The maximum atomic E-state index is 13.5. The Balaban J connectivity index is 1.57. The summed E-state index contributed by atoms with van der Waals surface area (Å²) in [6.07, 6.45) is 8.67. The summed E-state index contributed by atoms with van der Waals surface area (Å²) in [5, 5.41) is 6.54. The fourth-order valence-corrected chi connectivity index (χ4v) is 4.79. The zero-order chi connectivity index (χ0) is 27.0. The summed E-state index contributed by atoms with van der Waals surface area (Å²) in [7, 11) is 0. The Morgan fingerprint density at radius 1 is 0.947 bits per heavy atom. The van der Waals surface area contributed by atoms with Crippen molar-refractivity contribution >= 4 is 17.5 Å². The summed E-state index contributed by atoms with van der Waals surface area (Å²) in [5.74, 6) is -0.526. The smallest absolute Gasteiger partial charge is 0.258 e. The number of nitrogens with one attached hydrogen (secondary N) is 2. The third-order valence-corrected chi connectivity index (χ3v) is 7.17. The molecule has 1 aliphatic rings. The molecule has 0 unspecified atom stereocenters. The van der Waals surface area contributed by atoms with Crippen molar-refractivity contribution in [3.63, 3.8) is 0 Å². The van der Waals surface area contributed by atoms with Crippen molar-refractivity contribution in [3.05, 3.63) is 95.1 Å². The van der Waals surface area contributed by atoms with Gasteiger partial charge in [-0.05, 0) is 73.0 Å². The summed E-state index contributed by atoms with van der Waals surface area (Å²) in [4.78, 5) is 32.6. The first-order valence-corrected chi connectivity index (χ1v) is 13.4. The lowest BCUT2D eigenvalue weighted by molar-refractivity contribution is 0.0944. The predicted octanol–water partition coefficient (Wildman–Crippen LogP) is 5.63. The Hall–Kier alpha value is -3.58. The van der Waals surface area contributed by atoms with Crippen LogP contribution < -0.4 is 15.5 Å². The Morgan fingerprint density at radius 2 is 1.66 bits per heavy atom. The van der Waals surface area contributed by atoms with E-state index in [0.29, 0.717) is 30.8 Å². The van der Waals surface area contributed by atoms with E-state index in [1.807, 2.05) is 30.9 Å². The van der Waals surface area contributed by atoms with Crippen molar-refractivity contribution < 1.29 is 14.0 Å². The number of hydrogen-bond donors (Lipinski definition) is 2. The second-order valence-electron chi connectivity index (χ2n) is 10.6. The van der Waals surface area contributed by atoms with E-state index in [0.717, 1.165) is 55.5 Å². The van der Waals surface area contributed by atoms with Crippen molar-refractivity contribution in [1.29, 1.82) is 0 Å². The minimum Gasteiger partial charge on any atom is -0.351 e. The third-order valence-electron chi connectivity index (χ3n) is 7.17. The van der Waals surface area contributed by atoms with Gasteiger partial charge in [0.05, 0.1) is 0 Å². The highest BCUT2D eigenvalue weighted by atomic mass is 19.1. The fourth-order valence-electron chi connectivity index (χ4n) is 4.79. The normalized spacial score (nSPS) is 15.1. The number of benzene rings is 2. The molecule has 1 aromatic heterocycles. The van der Waals surface area contributed by atoms with E-state index >= 15 is 0 Å². The Bertz CT molecular complexity index is 1230. The minimum absolute atomic E-state index is 0.0658. The van der Waals surface area contributed by atoms with Crippen molar-refractivity contribution in [1.82, 2.24) is 15.6 Å². The van der Waals surface area contributed by atoms with Crippen LogP contribution in [0.1, 0.15) is 77.8 Å². The monoisotopic (exact) mass is 516 g/mol. The van der Waals surface area contributed by atoms with Gasteiger partial charge in [-0.15, -0.1) is 0 Å². The van der Waals surface area contributed by atoms with Crippen molar-refractivity contribution in [2.75, 3.05) is 24.5 Å². The van der Waals surface area contributed by atoms with Gasteiger partial charge in [0, 0.05) is 54.3 Å². The van der Waals surface area contributed by atoms with Gasteiger partial charge < -0.3 is 15.5 Å². The van der Waals surface area contributed by atoms with Gasteiger partial charge in [-0.1, -0.05) is 45.2 Å². The first kappa shape index (κ1) is 27.5. The van der Waals surface area contributed by atoms with Gasteiger partial charge in [-0.2, -0.15) is 0 Å². The standard InChI is InChI=1S/C31H37FN4O2/c1-31(2,26-9-11-27(32)12-10-26)22-35-29(37)24-8-13-28-25(20-24)21-34-16-6-4-3-5-7-19-36(28)30(38)23-14-17-33-18-15-23/h8-15,17-18,20,34H,3-7,16,19,21-22H2,1-2H3,(H,35,37). The molecule has 0 atom stereocenters. The van der Waals surface area contributed by atoms with Crippen LogP contribution in [-0.4, -0.2) is 36.4 Å². The van der Waals surface area contributed by atoms with Crippen molar-refractivity contribution in [2.45, 2.75) is 57.9 Å². The van der Waals surface area contributed by atoms with Gasteiger partial charge in [0.1, 0.15) is 5.82 Å². The maximum Gasteiger partial charge on any atom is 0.258 e. The molecule has 0 saturated carbocycles. The molecule has 3 aromatic rings. The zero-order valence-electron chi connectivity index (χ0n) is 22.3. The van der Waals surface area contributed by atoms with Gasteiger partial charge >= 0.3 is 0 Å². The molecule has 2 N–H and O–H groups in total. The van der Waals surface area contributed by atoms with Gasteiger partial charge in [0.25, 0.3) is 11.8 Å². The number of carbonyl (C=O) groups is 2. The highest BCUT2D eigenvalue weighted by Crippen LogP contribution is 2.27. The van der Waals surface area contributed by atoms with Gasteiger partial charge in [0.15, 0.2) is 0 Å². The molecule has 0 bridgehead atoms. The van der Waals surface area contributed by atoms with Crippen LogP contribution in [0.5, 0.6) is 0 Å².